The van der Waals surface area contributed by atoms with Crippen LogP contribution in [0.4, 0.5) is 0 Å². The van der Waals surface area contributed by atoms with Gasteiger partial charge in [-0.1, -0.05) is 0 Å². The first-order valence-corrected chi connectivity index (χ1v) is 6.23. The van der Waals surface area contributed by atoms with E-state index in [9.17, 15) is 9.90 Å². The molecule has 0 aromatic rings. The molecule has 0 aromatic heterocycles. The SMILES string of the molecule is CCN(C)C(=O)C(C)NC1CCC(O)CC1. The van der Waals surface area contributed by atoms with E-state index in [0.29, 0.717) is 6.04 Å². The minimum absolute atomic E-state index is 0.120. The Morgan fingerprint density at radius 3 is 2.50 bits per heavy atom. The van der Waals surface area contributed by atoms with E-state index in [4.69, 9.17) is 0 Å². The summed E-state index contributed by atoms with van der Waals surface area (Å²) in [6.07, 6.45) is 3.50. The fourth-order valence-corrected chi connectivity index (χ4v) is 2.15. The summed E-state index contributed by atoms with van der Waals surface area (Å²) in [4.78, 5) is 13.6. The van der Waals surface area contributed by atoms with Crippen LogP contribution in [-0.2, 0) is 4.79 Å². The van der Waals surface area contributed by atoms with Gasteiger partial charge in [0, 0.05) is 19.6 Å². The van der Waals surface area contributed by atoms with Gasteiger partial charge in [-0.25, -0.2) is 0 Å². The Kier molecular flexibility index (Phi) is 5.22. The lowest BCUT2D eigenvalue weighted by Crippen LogP contribution is -2.48. The molecule has 1 amide bonds. The fourth-order valence-electron chi connectivity index (χ4n) is 2.15. The number of carbonyl (C=O) groups is 1. The van der Waals surface area contributed by atoms with Crippen LogP contribution < -0.4 is 5.32 Å². The third-order valence-corrected chi connectivity index (χ3v) is 3.40. The maximum absolute atomic E-state index is 11.8. The molecule has 0 spiro atoms. The van der Waals surface area contributed by atoms with Crippen LogP contribution >= 0.6 is 0 Å². The van der Waals surface area contributed by atoms with Crippen molar-refractivity contribution in [3.63, 3.8) is 0 Å². The molecule has 0 aliphatic heterocycles. The number of amides is 1. The molecule has 1 aliphatic carbocycles. The summed E-state index contributed by atoms with van der Waals surface area (Å²) in [5.74, 6) is 0.147. The number of aliphatic hydroxyl groups excluding tert-OH is 1. The lowest BCUT2D eigenvalue weighted by atomic mass is 9.92. The van der Waals surface area contributed by atoms with Gasteiger partial charge in [-0.05, 0) is 39.5 Å². The van der Waals surface area contributed by atoms with Crippen LogP contribution in [0.2, 0.25) is 0 Å². The van der Waals surface area contributed by atoms with Gasteiger partial charge in [0.25, 0.3) is 0 Å². The number of carbonyl (C=O) groups excluding carboxylic acids is 1. The number of nitrogens with zero attached hydrogens (tertiary/aromatic N) is 1. The van der Waals surface area contributed by atoms with Crippen molar-refractivity contribution in [1.82, 2.24) is 10.2 Å². The summed E-state index contributed by atoms with van der Waals surface area (Å²) in [7, 11) is 1.82. The lowest BCUT2D eigenvalue weighted by Gasteiger charge is -2.30. The molecule has 16 heavy (non-hydrogen) atoms. The monoisotopic (exact) mass is 228 g/mol. The van der Waals surface area contributed by atoms with Gasteiger partial charge in [-0.3, -0.25) is 4.79 Å². The summed E-state index contributed by atoms with van der Waals surface area (Å²) >= 11 is 0. The highest BCUT2D eigenvalue weighted by Crippen LogP contribution is 2.18. The van der Waals surface area contributed by atoms with Crippen molar-refractivity contribution in [2.75, 3.05) is 13.6 Å². The third kappa shape index (κ3) is 3.76. The van der Waals surface area contributed by atoms with E-state index >= 15 is 0 Å². The maximum atomic E-state index is 11.8. The second kappa shape index (κ2) is 6.21. The Bertz CT molecular complexity index is 225. The average Bonchev–Trinajstić information content (AvgIpc) is 2.30. The number of rotatable bonds is 4. The second-order valence-corrected chi connectivity index (χ2v) is 4.75. The minimum atomic E-state index is -0.137. The normalized spacial score (nSPS) is 27.5. The number of aliphatic hydroxyl groups is 1. The van der Waals surface area contributed by atoms with Gasteiger partial charge in [-0.2, -0.15) is 0 Å². The standard InChI is InChI=1S/C12H24N2O2/c1-4-14(3)12(16)9(2)13-10-5-7-11(15)8-6-10/h9-11,13,15H,4-8H2,1-3H3. The van der Waals surface area contributed by atoms with Crippen LogP contribution in [0.1, 0.15) is 39.5 Å². The molecule has 1 fully saturated rings. The van der Waals surface area contributed by atoms with E-state index in [-0.39, 0.29) is 18.1 Å². The summed E-state index contributed by atoms with van der Waals surface area (Å²) in [5.41, 5.74) is 0. The molecule has 1 atom stereocenters. The Labute approximate surface area is 98.0 Å². The zero-order valence-corrected chi connectivity index (χ0v) is 10.6. The van der Waals surface area contributed by atoms with Crippen LogP contribution in [0.3, 0.4) is 0 Å². The van der Waals surface area contributed by atoms with E-state index in [2.05, 4.69) is 5.32 Å². The van der Waals surface area contributed by atoms with Crippen LogP contribution in [0.25, 0.3) is 0 Å². The predicted molar refractivity (Wildman–Crippen MR) is 64.2 cm³/mol. The molecule has 94 valence electrons. The molecule has 0 radical (unpaired) electrons. The second-order valence-electron chi connectivity index (χ2n) is 4.75. The largest absolute Gasteiger partial charge is 0.393 e. The number of hydrogen-bond acceptors (Lipinski definition) is 3. The molecule has 4 heteroatoms. The first-order valence-electron chi connectivity index (χ1n) is 6.23. The molecule has 2 N–H and O–H groups in total. The van der Waals surface area contributed by atoms with Crippen LogP contribution in [0, 0.1) is 0 Å². The molecular formula is C12H24N2O2. The molecule has 0 saturated heterocycles. The molecule has 4 nitrogen and oxygen atoms in total. The number of hydrogen-bond donors (Lipinski definition) is 2. The Balaban J connectivity index is 2.33. The zero-order chi connectivity index (χ0) is 12.1. The van der Waals surface area contributed by atoms with Gasteiger partial charge in [-0.15, -0.1) is 0 Å². The highest BCUT2D eigenvalue weighted by Gasteiger charge is 2.23. The summed E-state index contributed by atoms with van der Waals surface area (Å²) in [6.45, 7) is 4.63. The number of nitrogens with one attached hydrogen (secondary N) is 1. The van der Waals surface area contributed by atoms with Crippen LogP contribution in [0.5, 0.6) is 0 Å². The van der Waals surface area contributed by atoms with Gasteiger partial charge >= 0.3 is 0 Å². The maximum Gasteiger partial charge on any atom is 0.239 e. The highest BCUT2D eigenvalue weighted by molar-refractivity contribution is 5.81. The Hall–Kier alpha value is -0.610. The van der Waals surface area contributed by atoms with Gasteiger partial charge in [0.05, 0.1) is 12.1 Å². The average molecular weight is 228 g/mol. The summed E-state index contributed by atoms with van der Waals surface area (Å²) in [5, 5.41) is 12.7. The molecule has 1 rings (SSSR count). The van der Waals surface area contributed by atoms with Crippen molar-refractivity contribution in [2.24, 2.45) is 0 Å². The van der Waals surface area contributed by atoms with Crippen molar-refractivity contribution < 1.29 is 9.90 Å². The van der Waals surface area contributed by atoms with Gasteiger partial charge < -0.3 is 15.3 Å². The summed E-state index contributed by atoms with van der Waals surface area (Å²) < 4.78 is 0. The van der Waals surface area contributed by atoms with E-state index in [0.717, 1.165) is 32.2 Å². The molecule has 1 aliphatic rings. The smallest absolute Gasteiger partial charge is 0.239 e. The van der Waals surface area contributed by atoms with Crippen LogP contribution in [-0.4, -0.2) is 47.7 Å². The highest BCUT2D eigenvalue weighted by atomic mass is 16.3. The van der Waals surface area contributed by atoms with E-state index in [1.54, 1.807) is 4.90 Å². The van der Waals surface area contributed by atoms with E-state index in [1.165, 1.54) is 0 Å². The van der Waals surface area contributed by atoms with Crippen molar-refractivity contribution in [2.45, 2.75) is 57.7 Å². The van der Waals surface area contributed by atoms with Gasteiger partial charge in [0.2, 0.25) is 5.91 Å². The lowest BCUT2D eigenvalue weighted by molar-refractivity contribution is -0.131. The molecular weight excluding hydrogens is 204 g/mol. The topological polar surface area (TPSA) is 52.6 Å². The van der Waals surface area contributed by atoms with Crippen molar-refractivity contribution in [3.8, 4) is 0 Å². The molecule has 1 unspecified atom stereocenters. The first kappa shape index (κ1) is 13.5. The Morgan fingerprint density at radius 2 is 2.00 bits per heavy atom. The fraction of sp³-hybridized carbons (Fsp3) is 0.917. The van der Waals surface area contributed by atoms with Crippen molar-refractivity contribution >= 4 is 5.91 Å². The molecule has 1 saturated carbocycles. The van der Waals surface area contributed by atoms with Crippen molar-refractivity contribution in [3.05, 3.63) is 0 Å². The van der Waals surface area contributed by atoms with Gasteiger partial charge in [0.15, 0.2) is 0 Å². The third-order valence-electron chi connectivity index (χ3n) is 3.40. The number of likely N-dealkylation sites (N-methyl/N-ethyl adjacent to an activating group) is 1. The zero-order valence-electron chi connectivity index (χ0n) is 10.6. The summed E-state index contributed by atoms with van der Waals surface area (Å²) in [6, 6.07) is 0.262. The van der Waals surface area contributed by atoms with E-state index in [1.807, 2.05) is 20.9 Å². The molecule has 0 aromatic carbocycles. The van der Waals surface area contributed by atoms with E-state index < -0.39 is 0 Å². The quantitative estimate of drug-likeness (QED) is 0.746. The van der Waals surface area contributed by atoms with Gasteiger partial charge in [0.1, 0.15) is 0 Å². The van der Waals surface area contributed by atoms with Crippen LogP contribution in [0.15, 0.2) is 0 Å². The molecule has 0 heterocycles. The first-order chi connectivity index (χ1) is 7.54. The van der Waals surface area contributed by atoms with Crippen molar-refractivity contribution in [1.29, 1.82) is 0 Å². The predicted octanol–water partition coefficient (Wildman–Crippen LogP) is 0.746. The Morgan fingerprint density at radius 1 is 1.44 bits per heavy atom. The molecule has 0 bridgehead atoms. The minimum Gasteiger partial charge on any atom is -0.393 e.